The second kappa shape index (κ2) is 11.2. The number of allylic oxidation sites excluding steroid dienone is 1. The summed E-state index contributed by atoms with van der Waals surface area (Å²) >= 11 is 11.4. The van der Waals surface area contributed by atoms with Gasteiger partial charge >= 0.3 is 0 Å². The van der Waals surface area contributed by atoms with E-state index in [4.69, 9.17) is 23.2 Å². The molecule has 1 atom stereocenters. The molecule has 3 aromatic rings. The van der Waals surface area contributed by atoms with Crippen LogP contribution >= 0.6 is 23.2 Å². The van der Waals surface area contributed by atoms with E-state index in [1.54, 1.807) is 12.1 Å². The van der Waals surface area contributed by atoms with Gasteiger partial charge in [-0.05, 0) is 42.8 Å². The minimum absolute atomic E-state index is 0.210. The molecule has 1 fully saturated rings. The first-order valence-electron chi connectivity index (χ1n) is 10.3. The Balaban J connectivity index is 0.000000330. The molecule has 0 bridgehead atoms. The zero-order valence-electron chi connectivity index (χ0n) is 17.6. The number of nitrogens with zero attached hydrogens (tertiary/aromatic N) is 2. The molecule has 0 amide bonds. The Morgan fingerprint density at radius 2 is 1.58 bits per heavy atom. The third kappa shape index (κ3) is 6.75. The van der Waals surface area contributed by atoms with E-state index in [1.165, 1.54) is 11.6 Å². The van der Waals surface area contributed by atoms with E-state index in [9.17, 15) is 4.39 Å². The highest BCUT2D eigenvalue weighted by Gasteiger charge is 2.26. The Morgan fingerprint density at radius 3 is 2.13 bits per heavy atom. The first kappa shape index (κ1) is 23.2. The van der Waals surface area contributed by atoms with Gasteiger partial charge in [0.05, 0.1) is 5.69 Å². The first-order valence-corrected chi connectivity index (χ1v) is 11.1. The lowest BCUT2D eigenvalue weighted by atomic mass is 10.1. The summed E-state index contributed by atoms with van der Waals surface area (Å²) in [6, 6.07) is 24.9. The van der Waals surface area contributed by atoms with Crippen molar-refractivity contribution in [3.63, 3.8) is 0 Å². The largest absolute Gasteiger partial charge is 0.371 e. The number of piperazine rings is 1. The normalized spacial score (nSPS) is 15.8. The van der Waals surface area contributed by atoms with Crippen molar-refractivity contribution in [2.75, 3.05) is 24.5 Å². The first-order chi connectivity index (χ1) is 14.9. The van der Waals surface area contributed by atoms with Gasteiger partial charge in [0, 0.05) is 47.8 Å². The van der Waals surface area contributed by atoms with Crippen LogP contribution in [0.1, 0.15) is 12.5 Å². The van der Waals surface area contributed by atoms with Crippen LogP contribution in [0.4, 0.5) is 10.1 Å². The smallest absolute Gasteiger partial charge is 0.147 e. The topological polar surface area (TPSA) is 6.48 Å². The van der Waals surface area contributed by atoms with Gasteiger partial charge in [0.15, 0.2) is 0 Å². The average molecular weight is 457 g/mol. The van der Waals surface area contributed by atoms with Crippen LogP contribution in [-0.2, 0) is 6.42 Å². The highest BCUT2D eigenvalue weighted by Crippen LogP contribution is 2.27. The molecule has 0 aromatic heterocycles. The fourth-order valence-corrected chi connectivity index (χ4v) is 3.98. The Bertz CT molecular complexity index is 979. The minimum Gasteiger partial charge on any atom is -0.371 e. The summed E-state index contributed by atoms with van der Waals surface area (Å²) < 4.78 is 14.2. The molecule has 3 aromatic carbocycles. The molecule has 0 aliphatic carbocycles. The molecule has 0 radical (unpaired) electrons. The third-order valence-corrected chi connectivity index (χ3v) is 5.77. The predicted octanol–water partition coefficient (Wildman–Crippen LogP) is 7.09. The van der Waals surface area contributed by atoms with Crippen molar-refractivity contribution in [1.82, 2.24) is 4.90 Å². The van der Waals surface area contributed by atoms with Crippen LogP contribution < -0.4 is 4.90 Å². The Kier molecular flexibility index (Phi) is 8.39. The van der Waals surface area contributed by atoms with E-state index in [1.807, 2.05) is 48.5 Å². The molecule has 5 heteroatoms. The Labute approximate surface area is 194 Å². The highest BCUT2D eigenvalue weighted by atomic mass is 35.5. The molecule has 1 aliphatic rings. The zero-order valence-corrected chi connectivity index (χ0v) is 19.2. The molecule has 1 saturated heterocycles. The van der Waals surface area contributed by atoms with E-state index >= 15 is 0 Å². The molecule has 2 nitrogen and oxygen atoms in total. The number of hydrogen-bond donors (Lipinski definition) is 0. The average Bonchev–Trinajstić information content (AvgIpc) is 2.76. The lowest BCUT2D eigenvalue weighted by Gasteiger charge is -2.43. The van der Waals surface area contributed by atoms with E-state index in [2.05, 4.69) is 35.4 Å². The van der Waals surface area contributed by atoms with Gasteiger partial charge < -0.3 is 9.80 Å². The lowest BCUT2D eigenvalue weighted by Crippen LogP contribution is -2.51. The second-order valence-corrected chi connectivity index (χ2v) is 8.48. The van der Waals surface area contributed by atoms with Crippen LogP contribution in [0.25, 0.3) is 0 Å². The molecule has 0 N–H and O–H groups in total. The van der Waals surface area contributed by atoms with Crippen molar-refractivity contribution >= 4 is 28.9 Å². The van der Waals surface area contributed by atoms with Gasteiger partial charge in [-0.3, -0.25) is 0 Å². The van der Waals surface area contributed by atoms with Gasteiger partial charge in [0.25, 0.3) is 0 Å². The van der Waals surface area contributed by atoms with E-state index in [-0.39, 0.29) is 11.9 Å². The molecule has 1 unspecified atom stereocenters. The van der Waals surface area contributed by atoms with Gasteiger partial charge in [0.2, 0.25) is 0 Å². The van der Waals surface area contributed by atoms with Crippen LogP contribution in [0.2, 0.25) is 10.0 Å². The summed E-state index contributed by atoms with van der Waals surface area (Å²) in [5.41, 5.74) is 3.01. The second-order valence-electron chi connectivity index (χ2n) is 7.61. The van der Waals surface area contributed by atoms with Crippen molar-refractivity contribution in [2.45, 2.75) is 19.4 Å². The van der Waals surface area contributed by atoms with Crippen LogP contribution in [0.15, 0.2) is 91.1 Å². The summed E-state index contributed by atoms with van der Waals surface area (Å²) in [6.45, 7) is 8.83. The van der Waals surface area contributed by atoms with E-state index in [0.29, 0.717) is 10.7 Å². The molecular formula is C26H27Cl2FN2. The third-order valence-electron chi connectivity index (χ3n) is 5.28. The van der Waals surface area contributed by atoms with E-state index < -0.39 is 0 Å². The van der Waals surface area contributed by atoms with Gasteiger partial charge in [-0.1, -0.05) is 78.3 Å². The fraction of sp³-hybridized carbons (Fsp3) is 0.231. The monoisotopic (exact) mass is 456 g/mol. The van der Waals surface area contributed by atoms with Crippen LogP contribution in [0.5, 0.6) is 0 Å². The van der Waals surface area contributed by atoms with Gasteiger partial charge in [-0.2, -0.15) is 0 Å². The van der Waals surface area contributed by atoms with Crippen LogP contribution in [0.3, 0.4) is 0 Å². The minimum atomic E-state index is -0.258. The lowest BCUT2D eigenvalue weighted by molar-refractivity contribution is 0.278. The number of halogens is 3. The van der Waals surface area contributed by atoms with Crippen molar-refractivity contribution in [3.05, 3.63) is 113 Å². The Morgan fingerprint density at radius 1 is 0.935 bits per heavy atom. The molecule has 162 valence electrons. The van der Waals surface area contributed by atoms with Crippen molar-refractivity contribution in [1.29, 1.82) is 0 Å². The molecule has 0 saturated carbocycles. The fourth-order valence-electron chi connectivity index (χ4n) is 3.67. The maximum Gasteiger partial charge on any atom is 0.147 e. The predicted molar refractivity (Wildman–Crippen MR) is 131 cm³/mol. The maximum atomic E-state index is 14.2. The van der Waals surface area contributed by atoms with Crippen molar-refractivity contribution in [3.8, 4) is 0 Å². The van der Waals surface area contributed by atoms with Crippen LogP contribution in [0, 0.1) is 5.82 Å². The number of hydrogen-bond acceptors (Lipinski definition) is 2. The Hall–Kier alpha value is -2.49. The summed E-state index contributed by atoms with van der Waals surface area (Å²) in [5.74, 6) is -0.258. The molecule has 31 heavy (non-hydrogen) atoms. The zero-order chi connectivity index (χ0) is 22.2. The molecule has 0 spiro atoms. The standard InChI is InChI=1S/C20H22ClFN2.C6H5Cl/c1-15(12-17-6-4-3-5-7-17)23-10-11-24(16(2)14-23)20-9-8-18(21)13-19(20)22;7-6-4-2-1-3-5-6/h3-9,13,16H,1,10-12,14H2,2H3;1-5H. The summed E-state index contributed by atoms with van der Waals surface area (Å²) in [7, 11) is 0. The van der Waals surface area contributed by atoms with Crippen molar-refractivity contribution in [2.24, 2.45) is 0 Å². The molecule has 1 aliphatic heterocycles. The van der Waals surface area contributed by atoms with Crippen molar-refractivity contribution < 1.29 is 4.39 Å². The number of anilines is 1. The summed E-state index contributed by atoms with van der Waals surface area (Å²) in [6.07, 6.45) is 0.850. The number of benzene rings is 3. The maximum absolute atomic E-state index is 14.2. The summed E-state index contributed by atoms with van der Waals surface area (Å²) in [4.78, 5) is 4.42. The van der Waals surface area contributed by atoms with Gasteiger partial charge in [0.1, 0.15) is 5.82 Å². The molecular weight excluding hydrogens is 430 g/mol. The SMILES string of the molecule is C=C(Cc1ccccc1)N1CCN(c2ccc(Cl)cc2F)C(C)C1.Clc1ccccc1. The summed E-state index contributed by atoms with van der Waals surface area (Å²) in [5, 5.41) is 1.22. The highest BCUT2D eigenvalue weighted by molar-refractivity contribution is 6.30. The molecule has 1 heterocycles. The quantitative estimate of drug-likeness (QED) is 0.413. The van der Waals surface area contributed by atoms with Crippen LogP contribution in [-0.4, -0.2) is 30.6 Å². The number of rotatable bonds is 4. The van der Waals surface area contributed by atoms with E-state index in [0.717, 1.165) is 36.8 Å². The van der Waals surface area contributed by atoms with Gasteiger partial charge in [-0.25, -0.2) is 4.39 Å². The molecule has 4 rings (SSSR count). The van der Waals surface area contributed by atoms with Gasteiger partial charge in [-0.15, -0.1) is 0 Å².